The molecule has 1 amide bonds. The zero-order valence-electron chi connectivity index (χ0n) is 17.0. The third-order valence-corrected chi connectivity index (χ3v) is 5.50. The average Bonchev–Trinajstić information content (AvgIpc) is 2.84. The standard InChI is InChI=1S/C25H22N4O2/c30-25(22-12-6-8-19-7-4-5-11-21(19)22)29-17-15-28(16-18-29)23-13-14-24(27-26-23)31-20-9-2-1-3-10-20/h1-14H,15-18H2. The van der Waals surface area contributed by atoms with E-state index in [-0.39, 0.29) is 5.91 Å². The minimum Gasteiger partial charge on any atom is -0.438 e. The Labute approximate surface area is 180 Å². The van der Waals surface area contributed by atoms with E-state index in [1.165, 1.54) is 0 Å². The summed E-state index contributed by atoms with van der Waals surface area (Å²) >= 11 is 0. The van der Waals surface area contributed by atoms with Gasteiger partial charge in [0.05, 0.1) is 0 Å². The maximum absolute atomic E-state index is 13.1. The molecule has 1 aliphatic rings. The van der Waals surface area contributed by atoms with Crippen molar-refractivity contribution in [3.8, 4) is 11.6 Å². The summed E-state index contributed by atoms with van der Waals surface area (Å²) in [6.45, 7) is 2.71. The van der Waals surface area contributed by atoms with Crippen molar-refractivity contribution in [2.45, 2.75) is 0 Å². The van der Waals surface area contributed by atoms with Gasteiger partial charge in [0.25, 0.3) is 5.91 Å². The van der Waals surface area contributed by atoms with Gasteiger partial charge in [-0.3, -0.25) is 4.79 Å². The van der Waals surface area contributed by atoms with Crippen LogP contribution in [0.15, 0.2) is 84.9 Å². The minimum atomic E-state index is 0.0779. The Hall–Kier alpha value is -3.93. The average molecular weight is 410 g/mol. The summed E-state index contributed by atoms with van der Waals surface area (Å²) in [5.74, 6) is 2.05. The van der Waals surface area contributed by atoms with Crippen molar-refractivity contribution in [1.29, 1.82) is 0 Å². The number of anilines is 1. The predicted molar refractivity (Wildman–Crippen MR) is 121 cm³/mol. The fraction of sp³-hybridized carbons (Fsp3) is 0.160. The fourth-order valence-corrected chi connectivity index (χ4v) is 3.87. The summed E-state index contributed by atoms with van der Waals surface area (Å²) in [6.07, 6.45) is 0. The van der Waals surface area contributed by atoms with Gasteiger partial charge in [-0.25, -0.2) is 0 Å². The number of ether oxygens (including phenoxy) is 1. The number of para-hydroxylation sites is 1. The van der Waals surface area contributed by atoms with Crippen LogP contribution in [0.3, 0.4) is 0 Å². The fourth-order valence-electron chi connectivity index (χ4n) is 3.87. The van der Waals surface area contributed by atoms with Crippen LogP contribution in [0.4, 0.5) is 5.82 Å². The highest BCUT2D eigenvalue weighted by Gasteiger charge is 2.24. The number of benzene rings is 3. The summed E-state index contributed by atoms with van der Waals surface area (Å²) in [5, 5.41) is 10.6. The van der Waals surface area contributed by atoms with Crippen LogP contribution in [0.2, 0.25) is 0 Å². The molecule has 4 aromatic rings. The molecule has 31 heavy (non-hydrogen) atoms. The molecular weight excluding hydrogens is 388 g/mol. The Morgan fingerprint density at radius 3 is 2.26 bits per heavy atom. The second kappa shape index (κ2) is 8.44. The molecule has 0 radical (unpaired) electrons. The van der Waals surface area contributed by atoms with Crippen molar-refractivity contribution in [2.24, 2.45) is 0 Å². The first-order valence-corrected chi connectivity index (χ1v) is 10.4. The molecule has 0 N–H and O–H groups in total. The Kier molecular flexibility index (Phi) is 5.19. The SMILES string of the molecule is O=C(c1cccc2ccccc12)N1CCN(c2ccc(Oc3ccccc3)nn2)CC1. The van der Waals surface area contributed by atoms with Crippen LogP contribution in [0, 0.1) is 0 Å². The van der Waals surface area contributed by atoms with Gasteiger partial charge >= 0.3 is 0 Å². The Bertz CT molecular complexity index is 1180. The second-order valence-corrected chi connectivity index (χ2v) is 7.45. The third-order valence-electron chi connectivity index (χ3n) is 5.50. The highest BCUT2D eigenvalue weighted by molar-refractivity contribution is 6.07. The first-order chi connectivity index (χ1) is 15.3. The van der Waals surface area contributed by atoms with Crippen LogP contribution in [0.25, 0.3) is 10.8 Å². The molecular formula is C25H22N4O2. The van der Waals surface area contributed by atoms with E-state index in [1.54, 1.807) is 0 Å². The van der Waals surface area contributed by atoms with Crippen molar-refractivity contribution in [3.63, 3.8) is 0 Å². The van der Waals surface area contributed by atoms with E-state index in [0.29, 0.717) is 32.1 Å². The molecule has 3 aromatic carbocycles. The van der Waals surface area contributed by atoms with E-state index < -0.39 is 0 Å². The minimum absolute atomic E-state index is 0.0779. The van der Waals surface area contributed by atoms with Crippen molar-refractivity contribution in [3.05, 3.63) is 90.5 Å². The molecule has 0 saturated carbocycles. The van der Waals surface area contributed by atoms with Gasteiger partial charge in [-0.1, -0.05) is 54.6 Å². The smallest absolute Gasteiger partial charge is 0.254 e. The van der Waals surface area contributed by atoms with E-state index >= 15 is 0 Å². The van der Waals surface area contributed by atoms with Crippen molar-refractivity contribution < 1.29 is 9.53 Å². The molecule has 1 fully saturated rings. The van der Waals surface area contributed by atoms with Gasteiger partial charge in [-0.15, -0.1) is 10.2 Å². The zero-order chi connectivity index (χ0) is 21.0. The molecule has 1 saturated heterocycles. The molecule has 154 valence electrons. The summed E-state index contributed by atoms with van der Waals surface area (Å²) in [7, 11) is 0. The number of rotatable bonds is 4. The molecule has 6 nitrogen and oxygen atoms in total. The molecule has 0 bridgehead atoms. The zero-order valence-corrected chi connectivity index (χ0v) is 17.0. The monoisotopic (exact) mass is 410 g/mol. The van der Waals surface area contributed by atoms with Gasteiger partial charge < -0.3 is 14.5 Å². The van der Waals surface area contributed by atoms with E-state index in [0.717, 1.165) is 27.9 Å². The molecule has 1 aromatic heterocycles. The predicted octanol–water partition coefficient (Wildman–Crippen LogP) is 4.38. The first-order valence-electron chi connectivity index (χ1n) is 10.4. The normalized spacial score (nSPS) is 13.9. The van der Waals surface area contributed by atoms with Crippen molar-refractivity contribution >= 4 is 22.5 Å². The van der Waals surface area contributed by atoms with Crippen LogP contribution in [-0.2, 0) is 0 Å². The maximum Gasteiger partial charge on any atom is 0.254 e. The number of hydrogen-bond donors (Lipinski definition) is 0. The lowest BCUT2D eigenvalue weighted by atomic mass is 10.0. The van der Waals surface area contributed by atoms with Gasteiger partial charge in [0.1, 0.15) is 5.75 Å². The van der Waals surface area contributed by atoms with Crippen molar-refractivity contribution in [1.82, 2.24) is 15.1 Å². The molecule has 0 unspecified atom stereocenters. The summed E-state index contributed by atoms with van der Waals surface area (Å²) in [6, 6.07) is 27.1. The lowest BCUT2D eigenvalue weighted by molar-refractivity contribution is 0.0748. The second-order valence-electron chi connectivity index (χ2n) is 7.45. The molecule has 2 heterocycles. The molecule has 6 heteroatoms. The number of carbonyl (C=O) groups excluding carboxylic acids is 1. The summed E-state index contributed by atoms with van der Waals surface area (Å²) in [5.41, 5.74) is 0.758. The summed E-state index contributed by atoms with van der Waals surface area (Å²) < 4.78 is 5.71. The third kappa shape index (κ3) is 4.05. The topological polar surface area (TPSA) is 58.6 Å². The highest BCUT2D eigenvalue weighted by Crippen LogP contribution is 2.23. The van der Waals surface area contributed by atoms with Crippen LogP contribution >= 0.6 is 0 Å². The number of nitrogens with zero attached hydrogens (tertiary/aromatic N) is 4. The van der Waals surface area contributed by atoms with Gasteiger partial charge in [-0.05, 0) is 35.0 Å². The highest BCUT2D eigenvalue weighted by atomic mass is 16.5. The lowest BCUT2D eigenvalue weighted by Gasteiger charge is -2.35. The molecule has 0 aliphatic carbocycles. The van der Waals surface area contributed by atoms with Gasteiger partial charge in [0, 0.05) is 37.8 Å². The lowest BCUT2D eigenvalue weighted by Crippen LogP contribution is -2.49. The first kappa shape index (κ1) is 19.1. The summed E-state index contributed by atoms with van der Waals surface area (Å²) in [4.78, 5) is 17.2. The maximum atomic E-state index is 13.1. The van der Waals surface area contributed by atoms with E-state index in [4.69, 9.17) is 4.74 Å². The van der Waals surface area contributed by atoms with Crippen molar-refractivity contribution in [2.75, 3.05) is 31.1 Å². The molecule has 5 rings (SSSR count). The van der Waals surface area contributed by atoms with Gasteiger partial charge in [0.2, 0.25) is 5.88 Å². The molecule has 0 atom stereocenters. The largest absolute Gasteiger partial charge is 0.438 e. The van der Waals surface area contributed by atoms with E-state index in [2.05, 4.69) is 15.1 Å². The molecule has 1 aliphatic heterocycles. The number of fused-ring (bicyclic) bond motifs is 1. The Morgan fingerprint density at radius 2 is 1.48 bits per heavy atom. The van der Waals surface area contributed by atoms with E-state index in [9.17, 15) is 4.79 Å². The number of aromatic nitrogens is 2. The van der Waals surface area contributed by atoms with Gasteiger partial charge in [0.15, 0.2) is 5.82 Å². The van der Waals surface area contributed by atoms with Gasteiger partial charge in [-0.2, -0.15) is 0 Å². The number of carbonyl (C=O) groups is 1. The van der Waals surface area contributed by atoms with E-state index in [1.807, 2.05) is 89.8 Å². The number of piperazine rings is 1. The van der Waals surface area contributed by atoms with Crippen LogP contribution < -0.4 is 9.64 Å². The van der Waals surface area contributed by atoms with Crippen LogP contribution in [0.5, 0.6) is 11.6 Å². The van der Waals surface area contributed by atoms with Crippen LogP contribution in [0.1, 0.15) is 10.4 Å². The number of amides is 1. The molecule has 0 spiro atoms. The Balaban J connectivity index is 1.23. The Morgan fingerprint density at radius 1 is 0.742 bits per heavy atom. The number of hydrogen-bond acceptors (Lipinski definition) is 5. The quantitative estimate of drug-likeness (QED) is 0.500. The van der Waals surface area contributed by atoms with Crippen LogP contribution in [-0.4, -0.2) is 47.2 Å².